The number of rotatable bonds is 3. The van der Waals surface area contributed by atoms with E-state index in [1.54, 1.807) is 0 Å². The lowest BCUT2D eigenvalue weighted by atomic mass is 9.90. The first-order chi connectivity index (χ1) is 8.43. The van der Waals surface area contributed by atoms with Crippen LogP contribution >= 0.6 is 11.6 Å². The molecule has 1 heterocycles. The Morgan fingerprint density at radius 2 is 2.00 bits per heavy atom. The van der Waals surface area contributed by atoms with Crippen LogP contribution in [0.2, 0.25) is 5.02 Å². The molecule has 1 aromatic rings. The van der Waals surface area contributed by atoms with Gasteiger partial charge >= 0.3 is 0 Å². The minimum Gasteiger partial charge on any atom is -0.370 e. The van der Waals surface area contributed by atoms with Crippen molar-refractivity contribution in [1.82, 2.24) is 4.90 Å². The van der Waals surface area contributed by atoms with Gasteiger partial charge in [-0.05, 0) is 30.5 Å². The van der Waals surface area contributed by atoms with Gasteiger partial charge in [-0.3, -0.25) is 4.99 Å². The molecule has 98 valence electrons. The maximum atomic E-state index is 6.02. The molecule has 1 aromatic carbocycles. The van der Waals surface area contributed by atoms with E-state index in [4.69, 9.17) is 17.3 Å². The fraction of sp³-hybridized carbons (Fsp3) is 0.500. The number of nitrogens with zero attached hydrogens (tertiary/aromatic N) is 2. The Bertz CT molecular complexity index is 453. The number of hydrogen-bond acceptors (Lipinski definition) is 3. The fourth-order valence-corrected chi connectivity index (χ4v) is 2.50. The molecule has 0 saturated heterocycles. The summed E-state index contributed by atoms with van der Waals surface area (Å²) in [4.78, 5) is 6.61. The lowest BCUT2D eigenvalue weighted by Crippen LogP contribution is -2.48. The van der Waals surface area contributed by atoms with Gasteiger partial charge in [-0.15, -0.1) is 0 Å². The van der Waals surface area contributed by atoms with E-state index in [0.29, 0.717) is 18.4 Å². The first kappa shape index (κ1) is 13.2. The largest absolute Gasteiger partial charge is 0.370 e. The first-order valence-corrected chi connectivity index (χ1v) is 6.65. The molecule has 3 nitrogen and oxygen atoms in total. The van der Waals surface area contributed by atoms with Crippen LogP contribution in [0.4, 0.5) is 0 Å². The highest BCUT2D eigenvalue weighted by Crippen LogP contribution is 2.33. The van der Waals surface area contributed by atoms with Crippen molar-refractivity contribution in [2.75, 3.05) is 13.1 Å². The van der Waals surface area contributed by atoms with E-state index in [1.165, 1.54) is 5.56 Å². The van der Waals surface area contributed by atoms with E-state index in [-0.39, 0.29) is 5.54 Å². The van der Waals surface area contributed by atoms with Gasteiger partial charge in [0, 0.05) is 11.6 Å². The average Bonchev–Trinajstić information content (AvgIpc) is 2.59. The Hall–Kier alpha value is -1.22. The highest BCUT2D eigenvalue weighted by Gasteiger charge is 2.39. The summed E-state index contributed by atoms with van der Waals surface area (Å²) in [5, 5.41) is 0.754. The van der Waals surface area contributed by atoms with Gasteiger partial charge in [0.2, 0.25) is 0 Å². The molecule has 0 bridgehead atoms. The number of nitrogens with two attached hydrogens (primary N) is 1. The Morgan fingerprint density at radius 3 is 2.56 bits per heavy atom. The smallest absolute Gasteiger partial charge is 0.192 e. The molecule has 2 N–H and O–H groups in total. The Kier molecular flexibility index (Phi) is 3.53. The van der Waals surface area contributed by atoms with Crippen molar-refractivity contribution in [3.63, 3.8) is 0 Å². The second kappa shape index (κ2) is 4.81. The van der Waals surface area contributed by atoms with Crippen LogP contribution in [-0.2, 0) is 5.54 Å². The third-order valence-electron chi connectivity index (χ3n) is 3.44. The van der Waals surface area contributed by atoms with Crippen LogP contribution in [0.1, 0.15) is 26.3 Å². The molecule has 1 atom stereocenters. The van der Waals surface area contributed by atoms with E-state index < -0.39 is 0 Å². The Balaban J connectivity index is 2.32. The summed E-state index contributed by atoms with van der Waals surface area (Å²) in [5.41, 5.74) is 7.07. The molecule has 0 fully saturated rings. The molecule has 4 heteroatoms. The van der Waals surface area contributed by atoms with Crippen molar-refractivity contribution in [1.29, 1.82) is 0 Å². The quantitative estimate of drug-likeness (QED) is 0.913. The van der Waals surface area contributed by atoms with Gasteiger partial charge in [0.1, 0.15) is 0 Å². The third kappa shape index (κ3) is 2.32. The zero-order chi connectivity index (χ0) is 13.3. The van der Waals surface area contributed by atoms with Crippen molar-refractivity contribution in [2.24, 2.45) is 16.6 Å². The van der Waals surface area contributed by atoms with Crippen molar-refractivity contribution >= 4 is 17.6 Å². The Labute approximate surface area is 114 Å². The molecule has 1 aliphatic heterocycles. The average molecular weight is 266 g/mol. The van der Waals surface area contributed by atoms with Gasteiger partial charge in [-0.2, -0.15) is 0 Å². The van der Waals surface area contributed by atoms with E-state index in [0.717, 1.165) is 11.6 Å². The second-order valence-electron chi connectivity index (χ2n) is 5.46. The van der Waals surface area contributed by atoms with E-state index in [1.807, 2.05) is 12.1 Å². The molecule has 18 heavy (non-hydrogen) atoms. The van der Waals surface area contributed by atoms with Crippen LogP contribution in [0, 0.1) is 5.92 Å². The highest BCUT2D eigenvalue weighted by molar-refractivity contribution is 6.30. The summed E-state index contributed by atoms with van der Waals surface area (Å²) in [6, 6.07) is 7.96. The minimum absolute atomic E-state index is 0.154. The molecule has 0 aromatic heterocycles. The van der Waals surface area contributed by atoms with Crippen molar-refractivity contribution < 1.29 is 0 Å². The molecule has 0 spiro atoms. The molecule has 0 radical (unpaired) electrons. The number of benzene rings is 1. The van der Waals surface area contributed by atoms with Gasteiger partial charge in [0.05, 0.1) is 12.1 Å². The first-order valence-electron chi connectivity index (χ1n) is 6.27. The van der Waals surface area contributed by atoms with Gasteiger partial charge < -0.3 is 10.6 Å². The number of guanidine groups is 1. The monoisotopic (exact) mass is 265 g/mol. The molecule has 2 rings (SSSR count). The lowest BCUT2D eigenvalue weighted by Gasteiger charge is -2.37. The Morgan fingerprint density at radius 1 is 1.39 bits per heavy atom. The van der Waals surface area contributed by atoms with Crippen LogP contribution in [0.3, 0.4) is 0 Å². The van der Waals surface area contributed by atoms with Gasteiger partial charge in [-0.25, -0.2) is 0 Å². The van der Waals surface area contributed by atoms with Crippen LogP contribution in [0.15, 0.2) is 29.3 Å². The predicted molar refractivity (Wildman–Crippen MR) is 76.8 cm³/mol. The lowest BCUT2D eigenvalue weighted by molar-refractivity contribution is 0.204. The summed E-state index contributed by atoms with van der Waals surface area (Å²) in [7, 11) is 0. The maximum absolute atomic E-state index is 6.02. The number of hydrogen-bond donors (Lipinski definition) is 1. The molecule has 1 unspecified atom stereocenters. The topological polar surface area (TPSA) is 41.6 Å². The summed E-state index contributed by atoms with van der Waals surface area (Å²) >= 11 is 5.95. The van der Waals surface area contributed by atoms with Gasteiger partial charge in [-0.1, -0.05) is 37.6 Å². The third-order valence-corrected chi connectivity index (χ3v) is 3.69. The molecule has 1 aliphatic rings. The van der Waals surface area contributed by atoms with E-state index in [2.05, 4.69) is 42.8 Å². The van der Waals surface area contributed by atoms with Crippen LogP contribution in [0.5, 0.6) is 0 Å². The number of aliphatic imine (C=N–C) groups is 1. The van der Waals surface area contributed by atoms with Crippen LogP contribution < -0.4 is 5.73 Å². The normalized spacial score (nSPS) is 23.6. The zero-order valence-electron chi connectivity index (χ0n) is 11.2. The second-order valence-corrected chi connectivity index (χ2v) is 5.90. The molecule has 0 aliphatic carbocycles. The summed E-state index contributed by atoms with van der Waals surface area (Å²) in [6.45, 7) is 8.17. The van der Waals surface area contributed by atoms with Crippen LogP contribution in [-0.4, -0.2) is 23.9 Å². The molecular formula is C14H20ClN3. The standard InChI is InChI=1S/C14H20ClN3/c1-10(2)8-18-13(16)17-9-14(18,3)11-4-6-12(15)7-5-11/h4-7,10H,8-9H2,1-3H3,(H2,16,17). The van der Waals surface area contributed by atoms with Crippen molar-refractivity contribution in [2.45, 2.75) is 26.3 Å². The summed E-state index contributed by atoms with van der Waals surface area (Å²) in [6.07, 6.45) is 0. The van der Waals surface area contributed by atoms with Crippen molar-refractivity contribution in [3.05, 3.63) is 34.9 Å². The van der Waals surface area contributed by atoms with E-state index in [9.17, 15) is 0 Å². The van der Waals surface area contributed by atoms with Gasteiger partial charge in [0.25, 0.3) is 0 Å². The van der Waals surface area contributed by atoms with Crippen molar-refractivity contribution in [3.8, 4) is 0 Å². The SMILES string of the molecule is CC(C)CN1C(N)=NCC1(C)c1ccc(Cl)cc1. The van der Waals surface area contributed by atoms with Gasteiger partial charge in [0.15, 0.2) is 5.96 Å². The highest BCUT2D eigenvalue weighted by atomic mass is 35.5. The zero-order valence-corrected chi connectivity index (χ0v) is 11.9. The predicted octanol–water partition coefficient (Wildman–Crippen LogP) is 2.84. The maximum Gasteiger partial charge on any atom is 0.192 e. The summed E-state index contributed by atoms with van der Waals surface area (Å²) in [5.74, 6) is 1.18. The summed E-state index contributed by atoms with van der Waals surface area (Å²) < 4.78 is 0. The van der Waals surface area contributed by atoms with Crippen LogP contribution in [0.25, 0.3) is 0 Å². The number of halogens is 1. The minimum atomic E-state index is -0.154. The fourth-order valence-electron chi connectivity index (χ4n) is 2.37. The molecule has 0 saturated carbocycles. The molecule has 0 amide bonds. The van der Waals surface area contributed by atoms with E-state index >= 15 is 0 Å². The molecular weight excluding hydrogens is 246 g/mol.